The third-order valence-electron chi connectivity index (χ3n) is 3.36. The Labute approximate surface area is 138 Å². The fourth-order valence-corrected chi connectivity index (χ4v) is 2.93. The quantitative estimate of drug-likeness (QED) is 0.837. The molecule has 1 aliphatic rings. The lowest BCUT2D eigenvalue weighted by Gasteiger charge is -2.27. The number of nitrogens with zero attached hydrogens (tertiary/aromatic N) is 3. The molecule has 0 bridgehead atoms. The van der Waals surface area contributed by atoms with Crippen molar-refractivity contribution in [2.75, 3.05) is 23.3 Å². The summed E-state index contributed by atoms with van der Waals surface area (Å²) < 4.78 is 0. The van der Waals surface area contributed by atoms with Gasteiger partial charge in [-0.1, -0.05) is 0 Å². The molecule has 8 heteroatoms. The Balaban J connectivity index is 0.000000595. The monoisotopic (exact) mass is 334 g/mol. The molecule has 1 fully saturated rings. The second-order valence-electron chi connectivity index (χ2n) is 4.88. The standard InChI is InChI=1S/C14H16N4OS.CH2O2/c19-14(11-4-7-20-9-11)17-12-8-13(16-10-15-12)18-5-2-1-3-6-18;2-1-3/h4,7-10H,1-3,5-6H2,(H,15,16,17,19);1H,(H,2,3). The van der Waals surface area contributed by atoms with Crippen LogP contribution < -0.4 is 10.2 Å². The van der Waals surface area contributed by atoms with Gasteiger partial charge in [-0.3, -0.25) is 9.59 Å². The predicted molar refractivity (Wildman–Crippen MR) is 89.1 cm³/mol. The minimum absolute atomic E-state index is 0.130. The van der Waals surface area contributed by atoms with Gasteiger partial charge in [0, 0.05) is 24.5 Å². The van der Waals surface area contributed by atoms with Crippen LogP contribution in [0.25, 0.3) is 0 Å². The summed E-state index contributed by atoms with van der Waals surface area (Å²) in [6.07, 6.45) is 5.18. The molecule has 3 heterocycles. The van der Waals surface area contributed by atoms with Gasteiger partial charge in [-0.2, -0.15) is 11.3 Å². The highest BCUT2D eigenvalue weighted by Crippen LogP contribution is 2.19. The molecular weight excluding hydrogens is 316 g/mol. The Morgan fingerprint density at radius 3 is 2.70 bits per heavy atom. The largest absolute Gasteiger partial charge is 0.483 e. The van der Waals surface area contributed by atoms with Gasteiger partial charge in [-0.15, -0.1) is 0 Å². The van der Waals surface area contributed by atoms with E-state index in [1.54, 1.807) is 6.07 Å². The van der Waals surface area contributed by atoms with Gasteiger partial charge in [0.2, 0.25) is 0 Å². The highest BCUT2D eigenvalue weighted by Gasteiger charge is 2.14. The fourth-order valence-electron chi connectivity index (χ4n) is 2.29. The molecular formula is C15H18N4O3S. The Morgan fingerprint density at radius 2 is 2.04 bits per heavy atom. The zero-order valence-electron chi connectivity index (χ0n) is 12.5. The number of anilines is 2. The van der Waals surface area contributed by atoms with Crippen LogP contribution >= 0.6 is 11.3 Å². The van der Waals surface area contributed by atoms with Gasteiger partial charge in [-0.25, -0.2) is 9.97 Å². The van der Waals surface area contributed by atoms with E-state index in [1.807, 2.05) is 16.8 Å². The van der Waals surface area contributed by atoms with Crippen molar-refractivity contribution in [1.29, 1.82) is 0 Å². The number of aromatic nitrogens is 2. The number of nitrogens with one attached hydrogen (secondary N) is 1. The minimum Gasteiger partial charge on any atom is -0.483 e. The molecule has 2 aromatic heterocycles. The van der Waals surface area contributed by atoms with Crippen molar-refractivity contribution in [3.8, 4) is 0 Å². The molecule has 0 radical (unpaired) electrons. The zero-order valence-corrected chi connectivity index (χ0v) is 13.3. The van der Waals surface area contributed by atoms with E-state index in [4.69, 9.17) is 9.90 Å². The molecule has 0 saturated carbocycles. The molecule has 0 atom stereocenters. The molecule has 0 unspecified atom stereocenters. The molecule has 2 N–H and O–H groups in total. The van der Waals surface area contributed by atoms with E-state index in [-0.39, 0.29) is 12.4 Å². The maximum atomic E-state index is 12.0. The topological polar surface area (TPSA) is 95.4 Å². The van der Waals surface area contributed by atoms with Gasteiger partial charge < -0.3 is 15.3 Å². The number of piperidine rings is 1. The second-order valence-corrected chi connectivity index (χ2v) is 5.66. The molecule has 7 nitrogen and oxygen atoms in total. The Hall–Kier alpha value is -2.48. The number of amides is 1. The number of carbonyl (C=O) groups excluding carboxylic acids is 1. The summed E-state index contributed by atoms with van der Waals surface area (Å²) in [5, 5.41) is 13.4. The fraction of sp³-hybridized carbons (Fsp3) is 0.333. The Bertz CT molecular complexity index is 627. The smallest absolute Gasteiger partial charge is 0.290 e. The zero-order chi connectivity index (χ0) is 16.5. The van der Waals surface area contributed by atoms with Gasteiger partial charge in [0.25, 0.3) is 12.4 Å². The van der Waals surface area contributed by atoms with Gasteiger partial charge in [-0.05, 0) is 30.7 Å². The van der Waals surface area contributed by atoms with Crippen molar-refractivity contribution >= 4 is 35.4 Å². The van der Waals surface area contributed by atoms with Gasteiger partial charge in [0.15, 0.2) is 0 Å². The number of carbonyl (C=O) groups is 2. The van der Waals surface area contributed by atoms with Crippen molar-refractivity contribution in [3.63, 3.8) is 0 Å². The molecule has 23 heavy (non-hydrogen) atoms. The van der Waals surface area contributed by atoms with Crippen LogP contribution in [0.5, 0.6) is 0 Å². The summed E-state index contributed by atoms with van der Waals surface area (Å²) in [6.45, 7) is 1.80. The van der Waals surface area contributed by atoms with Crippen molar-refractivity contribution in [2.45, 2.75) is 19.3 Å². The first-order valence-corrected chi connectivity index (χ1v) is 8.17. The summed E-state index contributed by atoms with van der Waals surface area (Å²) >= 11 is 1.50. The SMILES string of the molecule is O=C(Nc1cc(N2CCCCC2)ncn1)c1ccsc1.O=CO. The maximum Gasteiger partial charge on any atom is 0.290 e. The number of thiophene rings is 1. The molecule has 1 saturated heterocycles. The average molecular weight is 334 g/mol. The first kappa shape index (κ1) is 16.9. The van der Waals surface area contributed by atoms with Crippen LogP contribution in [-0.2, 0) is 4.79 Å². The number of rotatable bonds is 3. The van der Waals surface area contributed by atoms with Crippen LogP contribution in [0.4, 0.5) is 11.6 Å². The third-order valence-corrected chi connectivity index (χ3v) is 4.04. The molecule has 122 valence electrons. The molecule has 0 aromatic carbocycles. The van der Waals surface area contributed by atoms with E-state index in [1.165, 1.54) is 36.9 Å². The van der Waals surface area contributed by atoms with Crippen LogP contribution in [0.1, 0.15) is 29.6 Å². The van der Waals surface area contributed by atoms with Crippen LogP contribution in [0, 0.1) is 0 Å². The highest BCUT2D eigenvalue weighted by molar-refractivity contribution is 7.08. The summed E-state index contributed by atoms with van der Waals surface area (Å²) in [5.41, 5.74) is 0.660. The molecule has 0 aliphatic carbocycles. The van der Waals surface area contributed by atoms with E-state index in [0.29, 0.717) is 11.4 Å². The van der Waals surface area contributed by atoms with Crippen LogP contribution in [0.2, 0.25) is 0 Å². The summed E-state index contributed by atoms with van der Waals surface area (Å²) in [5.74, 6) is 1.31. The van der Waals surface area contributed by atoms with Crippen LogP contribution in [0.15, 0.2) is 29.2 Å². The summed E-state index contributed by atoms with van der Waals surface area (Å²) in [6, 6.07) is 3.64. The normalized spacial score (nSPS) is 13.7. The van der Waals surface area contributed by atoms with Crippen molar-refractivity contribution in [3.05, 3.63) is 34.8 Å². The van der Waals surface area contributed by atoms with Gasteiger partial charge in [0.05, 0.1) is 5.56 Å². The molecule has 2 aromatic rings. The first-order valence-electron chi connectivity index (χ1n) is 7.23. The van der Waals surface area contributed by atoms with Crippen molar-refractivity contribution < 1.29 is 14.7 Å². The van der Waals surface area contributed by atoms with Gasteiger partial charge >= 0.3 is 0 Å². The Kier molecular flexibility index (Phi) is 6.49. The van der Waals surface area contributed by atoms with E-state index >= 15 is 0 Å². The number of carboxylic acid groups (broad SMARTS) is 1. The summed E-state index contributed by atoms with van der Waals surface area (Å²) in [4.78, 5) is 31.0. The van der Waals surface area contributed by atoms with Crippen molar-refractivity contribution in [2.24, 2.45) is 0 Å². The van der Waals surface area contributed by atoms with E-state index in [2.05, 4.69) is 20.2 Å². The van der Waals surface area contributed by atoms with Gasteiger partial charge in [0.1, 0.15) is 18.0 Å². The predicted octanol–water partition coefficient (Wildman–Crippen LogP) is 2.48. The molecule has 0 spiro atoms. The van der Waals surface area contributed by atoms with Crippen LogP contribution in [-0.4, -0.2) is 40.5 Å². The maximum absolute atomic E-state index is 12.0. The van der Waals surface area contributed by atoms with Crippen LogP contribution in [0.3, 0.4) is 0 Å². The lowest BCUT2D eigenvalue weighted by atomic mass is 10.1. The Morgan fingerprint density at radius 1 is 1.30 bits per heavy atom. The molecule has 1 amide bonds. The highest BCUT2D eigenvalue weighted by atomic mass is 32.1. The van der Waals surface area contributed by atoms with E-state index < -0.39 is 0 Å². The molecule has 1 aliphatic heterocycles. The second kappa shape index (κ2) is 8.84. The van der Waals surface area contributed by atoms with E-state index in [0.717, 1.165) is 18.9 Å². The molecule has 3 rings (SSSR count). The lowest BCUT2D eigenvalue weighted by Crippen LogP contribution is -2.30. The third kappa shape index (κ3) is 5.03. The summed E-state index contributed by atoms with van der Waals surface area (Å²) in [7, 11) is 0. The minimum atomic E-state index is -0.250. The number of hydrogen-bond acceptors (Lipinski definition) is 6. The first-order chi connectivity index (χ1) is 11.2. The number of hydrogen-bond donors (Lipinski definition) is 2. The van der Waals surface area contributed by atoms with E-state index in [9.17, 15) is 4.79 Å². The average Bonchev–Trinajstić information content (AvgIpc) is 3.11. The van der Waals surface area contributed by atoms with Crippen molar-refractivity contribution in [1.82, 2.24) is 9.97 Å². The lowest BCUT2D eigenvalue weighted by molar-refractivity contribution is -0.122.